The minimum atomic E-state index is -1.38. The fourth-order valence-corrected chi connectivity index (χ4v) is 6.76. The summed E-state index contributed by atoms with van der Waals surface area (Å²) in [6.07, 6.45) is 0. The molecule has 5 aromatic carbocycles. The zero-order chi connectivity index (χ0) is 21.8. The van der Waals surface area contributed by atoms with E-state index in [0.717, 1.165) is 42.8 Å². The number of fused-ring (bicyclic) bond motifs is 7. The lowest BCUT2D eigenvalue weighted by Crippen LogP contribution is -1.85. The number of halogens is 1. The Morgan fingerprint density at radius 3 is 1.62 bits per heavy atom. The van der Waals surface area contributed by atoms with Crippen molar-refractivity contribution in [3.05, 3.63) is 101 Å². The number of hydrogen-bond acceptors (Lipinski definition) is 2. The van der Waals surface area contributed by atoms with E-state index in [1.54, 1.807) is 0 Å². The molecule has 0 fully saturated rings. The molecular weight excluding hydrogens is 479 g/mol. The van der Waals surface area contributed by atoms with Crippen LogP contribution >= 0.6 is 23.9 Å². The third kappa shape index (κ3) is 3.00. The van der Waals surface area contributed by atoms with E-state index in [4.69, 9.17) is 8.39 Å². The summed E-state index contributed by atoms with van der Waals surface area (Å²) < 4.78 is 14.5. The minimum absolute atomic E-state index is 0.903. The van der Waals surface area contributed by atoms with Crippen LogP contribution in [0.15, 0.2) is 97.8 Å². The molecule has 0 N–H and O–H groups in total. The van der Waals surface area contributed by atoms with Gasteiger partial charge in [-0.05, 0) is 86.7 Å². The van der Waals surface area contributed by atoms with Crippen molar-refractivity contribution in [2.75, 3.05) is 0 Å². The lowest BCUT2D eigenvalue weighted by Gasteiger charge is -2.08. The first-order valence-corrected chi connectivity index (χ1v) is 12.5. The van der Waals surface area contributed by atoms with E-state index in [0.29, 0.717) is 0 Å². The second kappa shape index (κ2) is 7.55. The Labute approximate surface area is 195 Å². The van der Waals surface area contributed by atoms with Crippen LogP contribution in [0.4, 0.5) is 0 Å². The monoisotopic (exact) mass is 498 g/mol. The quantitative estimate of drug-likeness (QED) is 0.225. The standard InChI is InChI=1S/C28H20BrO2P/c1-17-15-19-9-3-5-11-21(19)25-26-22-12-6-4-10-20(22)16-18(2)28(26)31-32(30-27(17)25)24-14-8-7-13-23(24)29/h3-16H,1-2H3. The van der Waals surface area contributed by atoms with Gasteiger partial charge in [0.2, 0.25) is 0 Å². The Morgan fingerprint density at radius 1 is 0.625 bits per heavy atom. The zero-order valence-corrected chi connectivity index (χ0v) is 20.2. The molecule has 0 aliphatic carbocycles. The van der Waals surface area contributed by atoms with Crippen molar-refractivity contribution in [2.24, 2.45) is 0 Å². The van der Waals surface area contributed by atoms with Gasteiger partial charge in [-0.15, -0.1) is 0 Å². The van der Waals surface area contributed by atoms with Gasteiger partial charge in [0.05, 0.1) is 5.30 Å². The molecule has 0 aliphatic rings. The second-order valence-corrected chi connectivity index (χ2v) is 10.3. The summed E-state index contributed by atoms with van der Waals surface area (Å²) in [5.41, 5.74) is 4.03. The van der Waals surface area contributed by atoms with Crippen molar-refractivity contribution in [1.29, 1.82) is 0 Å². The third-order valence-electron chi connectivity index (χ3n) is 6.02. The highest BCUT2D eigenvalue weighted by Gasteiger charge is 2.17. The van der Waals surface area contributed by atoms with Crippen LogP contribution in [0.5, 0.6) is 0 Å². The molecule has 156 valence electrons. The van der Waals surface area contributed by atoms with Crippen molar-refractivity contribution in [2.45, 2.75) is 13.8 Å². The van der Waals surface area contributed by atoms with E-state index >= 15 is 0 Å². The predicted molar refractivity (Wildman–Crippen MR) is 140 cm³/mol. The van der Waals surface area contributed by atoms with Gasteiger partial charge in [-0.3, -0.25) is 0 Å². The molecule has 0 atom stereocenters. The maximum atomic E-state index is 6.76. The van der Waals surface area contributed by atoms with Crippen LogP contribution in [-0.4, -0.2) is 0 Å². The summed E-state index contributed by atoms with van der Waals surface area (Å²) in [4.78, 5) is 0. The average molecular weight is 499 g/mol. The Kier molecular flexibility index (Phi) is 4.64. The molecule has 0 radical (unpaired) electrons. The lowest BCUT2D eigenvalue weighted by molar-refractivity contribution is 0.648. The van der Waals surface area contributed by atoms with E-state index in [2.05, 4.69) is 96.5 Å². The van der Waals surface area contributed by atoms with Crippen molar-refractivity contribution in [3.63, 3.8) is 0 Å². The number of hydrogen-bond donors (Lipinski definition) is 0. The van der Waals surface area contributed by atoms with Crippen molar-refractivity contribution in [1.82, 2.24) is 0 Å². The SMILES string of the molecule is Cc1cc2ccccc2c2c1op(-c1ccccc1Br)oc1c(C)cc3ccccc3c12. The van der Waals surface area contributed by atoms with Crippen LogP contribution in [0, 0.1) is 13.8 Å². The lowest BCUT2D eigenvalue weighted by atomic mass is 9.95. The summed E-state index contributed by atoms with van der Waals surface area (Å²) in [5, 5.41) is 8.03. The third-order valence-corrected chi connectivity index (χ3v) is 8.50. The first-order valence-electron chi connectivity index (χ1n) is 10.6. The van der Waals surface area contributed by atoms with Crippen LogP contribution < -0.4 is 0 Å². The predicted octanol–water partition coefficient (Wildman–Crippen LogP) is 9.96. The maximum absolute atomic E-state index is 6.76. The summed E-state index contributed by atoms with van der Waals surface area (Å²) in [7, 11) is -1.38. The van der Waals surface area contributed by atoms with Crippen LogP contribution in [0.25, 0.3) is 48.8 Å². The van der Waals surface area contributed by atoms with Gasteiger partial charge >= 0.3 is 0 Å². The molecule has 6 rings (SSSR count). The normalized spacial score (nSPS) is 11.6. The average Bonchev–Trinajstić information content (AvgIpc) is 2.98. The van der Waals surface area contributed by atoms with E-state index in [1.165, 1.54) is 21.5 Å². The van der Waals surface area contributed by atoms with Gasteiger partial charge in [-0.2, -0.15) is 0 Å². The number of benzene rings is 5. The minimum Gasteiger partial charge on any atom is -0.415 e. The number of aryl methyl sites for hydroxylation is 2. The van der Waals surface area contributed by atoms with Crippen LogP contribution in [0.1, 0.15) is 11.1 Å². The molecule has 6 aromatic rings. The van der Waals surface area contributed by atoms with Crippen LogP contribution in [-0.2, 0) is 0 Å². The van der Waals surface area contributed by atoms with Crippen molar-refractivity contribution in [3.8, 4) is 5.30 Å². The highest BCUT2D eigenvalue weighted by atomic mass is 79.9. The summed E-state index contributed by atoms with van der Waals surface area (Å²) in [6.45, 7) is 4.25. The Bertz CT molecular complexity index is 1610. The number of rotatable bonds is 1. The molecule has 0 unspecified atom stereocenters. The van der Waals surface area contributed by atoms with Gasteiger partial charge in [-0.1, -0.05) is 60.7 Å². The maximum Gasteiger partial charge on any atom is 0.254 e. The van der Waals surface area contributed by atoms with Crippen molar-refractivity contribution >= 4 is 67.4 Å². The molecule has 0 bridgehead atoms. The fraction of sp³-hybridized carbons (Fsp3) is 0.0714. The van der Waals surface area contributed by atoms with Crippen LogP contribution in [0.2, 0.25) is 0 Å². The van der Waals surface area contributed by atoms with Gasteiger partial charge in [-0.25, -0.2) is 0 Å². The zero-order valence-electron chi connectivity index (χ0n) is 17.7. The molecule has 0 spiro atoms. The van der Waals surface area contributed by atoms with Gasteiger partial charge in [0.15, 0.2) is 0 Å². The molecule has 0 aliphatic heterocycles. The Morgan fingerprint density at radius 2 is 1.09 bits per heavy atom. The van der Waals surface area contributed by atoms with Gasteiger partial charge in [0, 0.05) is 15.2 Å². The summed E-state index contributed by atoms with van der Waals surface area (Å²) in [6, 6.07) is 29.7. The topological polar surface area (TPSA) is 26.3 Å². The highest BCUT2D eigenvalue weighted by Crippen LogP contribution is 2.49. The molecule has 1 heterocycles. The first kappa shape index (κ1) is 19.7. The molecule has 0 saturated heterocycles. The van der Waals surface area contributed by atoms with E-state index in [1.807, 2.05) is 18.2 Å². The molecule has 4 heteroatoms. The molecule has 0 amide bonds. The van der Waals surface area contributed by atoms with E-state index < -0.39 is 8.01 Å². The fourth-order valence-electron chi connectivity index (χ4n) is 4.55. The summed E-state index contributed by atoms with van der Waals surface area (Å²) >= 11 is 3.71. The van der Waals surface area contributed by atoms with Gasteiger partial charge in [0.25, 0.3) is 8.01 Å². The molecule has 2 nitrogen and oxygen atoms in total. The first-order chi connectivity index (χ1) is 15.6. The van der Waals surface area contributed by atoms with E-state index in [-0.39, 0.29) is 0 Å². The van der Waals surface area contributed by atoms with Crippen LogP contribution in [0.3, 0.4) is 0 Å². The van der Waals surface area contributed by atoms with Gasteiger partial charge in [0.1, 0.15) is 11.2 Å². The Hall–Kier alpha value is -3.00. The molecule has 0 saturated carbocycles. The highest BCUT2D eigenvalue weighted by molar-refractivity contribution is 9.10. The molecule has 1 aromatic heterocycles. The Balaban J connectivity index is 1.99. The summed E-state index contributed by atoms with van der Waals surface area (Å²) in [5.74, 6) is 0. The molecule has 32 heavy (non-hydrogen) atoms. The van der Waals surface area contributed by atoms with Gasteiger partial charge < -0.3 is 8.39 Å². The second-order valence-electron chi connectivity index (χ2n) is 8.13. The smallest absolute Gasteiger partial charge is 0.254 e. The molecular formula is C28H20BrO2P. The van der Waals surface area contributed by atoms with Crippen molar-refractivity contribution < 1.29 is 8.39 Å². The largest absolute Gasteiger partial charge is 0.415 e. The van der Waals surface area contributed by atoms with E-state index in [9.17, 15) is 0 Å².